The van der Waals surface area contributed by atoms with Crippen LogP contribution >= 0.6 is 0 Å². The largest absolute Gasteiger partial charge is 0.493 e. The smallest absolute Gasteiger partial charge is 0.255 e. The molecular formula is C35H42N8O4. The van der Waals surface area contributed by atoms with E-state index in [0.29, 0.717) is 80.7 Å². The van der Waals surface area contributed by atoms with Crippen LogP contribution in [0.15, 0.2) is 67.3 Å². The second-order valence-electron chi connectivity index (χ2n) is 11.8. The Balaban J connectivity index is 1.30. The summed E-state index contributed by atoms with van der Waals surface area (Å²) in [4.78, 5) is 35.6. The highest BCUT2D eigenvalue weighted by Crippen LogP contribution is 2.32. The Labute approximate surface area is 274 Å². The van der Waals surface area contributed by atoms with E-state index in [2.05, 4.69) is 19.7 Å². The number of rotatable bonds is 5. The minimum Gasteiger partial charge on any atom is -0.493 e. The minimum atomic E-state index is -0.0722. The number of nitrogens with zero attached hydrogens (tertiary/aromatic N) is 8. The molecule has 4 aromatic heterocycles. The van der Waals surface area contributed by atoms with Crippen LogP contribution in [0.5, 0.6) is 11.5 Å². The molecule has 1 aliphatic heterocycles. The number of ether oxygens (including phenoxy) is 2. The van der Waals surface area contributed by atoms with Crippen molar-refractivity contribution >= 4 is 17.5 Å². The molecule has 0 spiro atoms. The zero-order valence-electron chi connectivity index (χ0n) is 27.3. The lowest BCUT2D eigenvalue weighted by molar-refractivity contribution is -0.131. The number of methoxy groups -OCH3 is 1. The van der Waals surface area contributed by atoms with Gasteiger partial charge in [-0.1, -0.05) is 6.92 Å². The van der Waals surface area contributed by atoms with Gasteiger partial charge < -0.3 is 28.4 Å². The van der Waals surface area contributed by atoms with Crippen molar-refractivity contribution in [3.05, 3.63) is 72.8 Å². The number of benzene rings is 1. The van der Waals surface area contributed by atoms with Crippen molar-refractivity contribution in [2.24, 2.45) is 7.05 Å². The second-order valence-corrected chi connectivity index (χ2v) is 11.8. The highest BCUT2D eigenvalue weighted by atomic mass is 16.5. The van der Waals surface area contributed by atoms with Crippen LogP contribution in [0.1, 0.15) is 49.4 Å². The normalized spacial score (nSPS) is 14.8. The number of pyridine rings is 1. The van der Waals surface area contributed by atoms with E-state index in [1.165, 1.54) is 0 Å². The Morgan fingerprint density at radius 3 is 2.53 bits per heavy atom. The van der Waals surface area contributed by atoms with Gasteiger partial charge in [0.25, 0.3) is 5.91 Å². The van der Waals surface area contributed by atoms with Crippen molar-refractivity contribution in [3.8, 4) is 34.4 Å². The molecule has 0 saturated heterocycles. The second kappa shape index (κ2) is 14.5. The zero-order chi connectivity index (χ0) is 32.8. The third-order valence-corrected chi connectivity index (χ3v) is 8.61. The average Bonchev–Trinajstić information content (AvgIpc) is 3.84. The fourth-order valence-corrected chi connectivity index (χ4v) is 6.07. The first-order valence-corrected chi connectivity index (χ1v) is 16.3. The van der Waals surface area contributed by atoms with E-state index in [1.54, 1.807) is 13.3 Å². The lowest BCUT2D eigenvalue weighted by Gasteiger charge is -2.25. The monoisotopic (exact) mass is 638 g/mol. The molecule has 0 fully saturated rings. The van der Waals surface area contributed by atoms with Gasteiger partial charge in [0, 0.05) is 76.5 Å². The number of hydrogen-bond donors (Lipinski definition) is 0. The first-order chi connectivity index (χ1) is 23.0. The summed E-state index contributed by atoms with van der Waals surface area (Å²) < 4.78 is 17.7. The Bertz CT molecular complexity index is 1840. The maximum Gasteiger partial charge on any atom is 0.255 e. The summed E-state index contributed by atoms with van der Waals surface area (Å²) in [5.74, 6) is 2.81. The maximum absolute atomic E-state index is 14.2. The van der Waals surface area contributed by atoms with Gasteiger partial charge in [-0.15, -0.1) is 10.2 Å². The Morgan fingerprint density at radius 1 is 0.915 bits per heavy atom. The van der Waals surface area contributed by atoms with Gasteiger partial charge in [-0.3, -0.25) is 14.0 Å². The topological polar surface area (TPSA) is 112 Å². The van der Waals surface area contributed by atoms with Crippen LogP contribution in [-0.4, -0.2) is 90.2 Å². The Kier molecular flexibility index (Phi) is 9.84. The molecule has 0 aliphatic carbocycles. The van der Waals surface area contributed by atoms with Crippen LogP contribution in [0.2, 0.25) is 0 Å². The lowest BCUT2D eigenvalue weighted by Crippen LogP contribution is -2.36. The molecule has 0 saturated carbocycles. The van der Waals surface area contributed by atoms with Gasteiger partial charge >= 0.3 is 0 Å². The van der Waals surface area contributed by atoms with Crippen LogP contribution in [-0.2, 0) is 18.4 Å². The van der Waals surface area contributed by atoms with Crippen molar-refractivity contribution in [3.63, 3.8) is 0 Å². The number of carbonyl (C=O) groups is 2. The zero-order valence-corrected chi connectivity index (χ0v) is 27.3. The summed E-state index contributed by atoms with van der Waals surface area (Å²) >= 11 is 0. The minimum absolute atomic E-state index is 0.0722. The molecule has 0 unspecified atom stereocenters. The summed E-state index contributed by atoms with van der Waals surface area (Å²) in [6.07, 6.45) is 11.1. The maximum atomic E-state index is 14.2. The number of aromatic nitrogens is 6. The van der Waals surface area contributed by atoms with Crippen LogP contribution in [0, 0.1) is 0 Å². The first-order valence-electron chi connectivity index (χ1n) is 16.3. The summed E-state index contributed by atoms with van der Waals surface area (Å²) in [7, 11) is 3.58. The van der Waals surface area contributed by atoms with Gasteiger partial charge in [0.2, 0.25) is 5.91 Å². The molecule has 2 amide bonds. The van der Waals surface area contributed by atoms with E-state index in [4.69, 9.17) is 9.47 Å². The van der Waals surface area contributed by atoms with Crippen molar-refractivity contribution in [1.29, 1.82) is 0 Å². The molecule has 246 valence electrons. The molecule has 0 radical (unpaired) electrons. The van der Waals surface area contributed by atoms with Crippen molar-refractivity contribution in [2.45, 2.75) is 45.6 Å². The van der Waals surface area contributed by atoms with Gasteiger partial charge in [0.05, 0.1) is 25.0 Å². The molecule has 0 atom stereocenters. The van der Waals surface area contributed by atoms with E-state index >= 15 is 0 Å². The number of imidazole rings is 1. The fraction of sp³-hybridized carbons (Fsp3) is 0.400. The van der Waals surface area contributed by atoms with Gasteiger partial charge in [0.1, 0.15) is 5.82 Å². The quantitative estimate of drug-likeness (QED) is 0.268. The van der Waals surface area contributed by atoms with Crippen LogP contribution in [0.3, 0.4) is 0 Å². The van der Waals surface area contributed by atoms with Gasteiger partial charge in [-0.25, -0.2) is 4.98 Å². The van der Waals surface area contributed by atoms with Gasteiger partial charge in [0.15, 0.2) is 23.0 Å². The molecule has 47 heavy (non-hydrogen) atoms. The van der Waals surface area contributed by atoms with Crippen LogP contribution in [0.4, 0.5) is 0 Å². The summed E-state index contributed by atoms with van der Waals surface area (Å²) in [6, 6.07) is 13.4. The number of fused-ring (bicyclic) bond motifs is 5. The van der Waals surface area contributed by atoms with Crippen molar-refractivity contribution in [1.82, 2.24) is 38.5 Å². The molecule has 5 aromatic rings. The number of hydrogen-bond acceptors (Lipinski definition) is 7. The first kappa shape index (κ1) is 31.8. The third kappa shape index (κ3) is 7.01. The molecule has 6 rings (SSSR count). The van der Waals surface area contributed by atoms with E-state index in [0.717, 1.165) is 36.3 Å². The number of amides is 2. The Morgan fingerprint density at radius 2 is 1.74 bits per heavy atom. The van der Waals surface area contributed by atoms with E-state index in [1.807, 2.05) is 93.8 Å². The average molecular weight is 639 g/mol. The summed E-state index contributed by atoms with van der Waals surface area (Å²) in [5.41, 5.74) is 3.02. The van der Waals surface area contributed by atoms with Gasteiger partial charge in [-0.2, -0.15) is 0 Å². The van der Waals surface area contributed by atoms with E-state index in [-0.39, 0.29) is 11.8 Å². The predicted octanol–water partition coefficient (Wildman–Crippen LogP) is 4.94. The highest BCUT2D eigenvalue weighted by Gasteiger charge is 2.21. The fourth-order valence-electron chi connectivity index (χ4n) is 6.07. The Hall–Kier alpha value is -5.13. The van der Waals surface area contributed by atoms with Crippen LogP contribution < -0.4 is 9.47 Å². The van der Waals surface area contributed by atoms with Crippen molar-refractivity contribution in [2.75, 3.05) is 39.9 Å². The molecule has 1 aliphatic rings. The van der Waals surface area contributed by atoms with E-state index in [9.17, 15) is 9.59 Å². The summed E-state index contributed by atoms with van der Waals surface area (Å²) in [6.45, 7) is 5.30. The lowest BCUT2D eigenvalue weighted by atomic mass is 10.2. The third-order valence-electron chi connectivity index (χ3n) is 8.61. The molecular weight excluding hydrogens is 596 g/mol. The number of aryl methyl sites for hydroxylation is 1. The molecule has 1 aromatic carbocycles. The summed E-state index contributed by atoms with van der Waals surface area (Å²) in [5, 5.41) is 8.73. The molecule has 0 N–H and O–H groups in total. The number of carbonyl (C=O) groups excluding carboxylic acids is 2. The SMILES string of the molecule is CCCC(=O)N1CCCCN(C(=O)c2ccc3nnc(-c4cccn4C)n3c2)CCn2ccnc2-c2ccc(OC)c(c2)OCCC1. The van der Waals surface area contributed by atoms with Crippen molar-refractivity contribution < 1.29 is 19.1 Å². The highest BCUT2D eigenvalue weighted by molar-refractivity contribution is 5.94. The molecule has 12 heteroatoms. The molecule has 12 nitrogen and oxygen atoms in total. The molecule has 5 heterocycles. The van der Waals surface area contributed by atoms with E-state index < -0.39 is 0 Å². The molecule has 2 bridgehead atoms. The van der Waals surface area contributed by atoms with Crippen LogP contribution in [0.25, 0.3) is 28.6 Å². The van der Waals surface area contributed by atoms with Gasteiger partial charge in [-0.05, 0) is 68.1 Å². The standard InChI is InChI=1S/C35H42N8O4/c1-4-9-32(44)40-17-5-6-18-42(35(45)27-12-14-31-37-38-34(43(31)25-27)28-10-7-16-39(28)2)22-21-41-20-15-36-33(41)26-11-13-29(46-3)30(24-26)47-23-8-19-40/h7,10-16,20,24-25H,4-6,8-9,17-19,21-23H2,1-3H3. The predicted molar refractivity (Wildman–Crippen MR) is 178 cm³/mol.